The number of fused-ring (bicyclic) bond motifs is 1. The summed E-state index contributed by atoms with van der Waals surface area (Å²) in [5.41, 5.74) is 4.82. The van der Waals surface area contributed by atoms with Crippen LogP contribution in [0.4, 0.5) is 5.69 Å². The lowest BCUT2D eigenvalue weighted by atomic mass is 10.1. The van der Waals surface area contributed by atoms with Gasteiger partial charge in [0.15, 0.2) is 5.96 Å². The number of halogens is 1. The fourth-order valence-corrected chi connectivity index (χ4v) is 4.21. The van der Waals surface area contributed by atoms with E-state index in [1.165, 1.54) is 29.6 Å². The summed E-state index contributed by atoms with van der Waals surface area (Å²) in [5, 5.41) is 6.98. The second-order valence-corrected chi connectivity index (χ2v) is 7.95. The van der Waals surface area contributed by atoms with Crippen molar-refractivity contribution < 1.29 is 0 Å². The summed E-state index contributed by atoms with van der Waals surface area (Å²) < 4.78 is 2.25. The molecule has 0 bridgehead atoms. The highest BCUT2D eigenvalue weighted by Gasteiger charge is 2.14. The lowest BCUT2D eigenvalue weighted by molar-refractivity contribution is 0.639. The molecule has 6 nitrogen and oxygen atoms in total. The third-order valence-electron chi connectivity index (χ3n) is 5.89. The zero-order valence-electron chi connectivity index (χ0n) is 18.6. The first-order chi connectivity index (χ1) is 14.7. The fraction of sp³-hybridized carbons (Fsp3) is 0.417. The topological polar surface area (TPSA) is 57.5 Å². The van der Waals surface area contributed by atoms with Crippen LogP contribution in [0, 0.1) is 6.92 Å². The quantitative estimate of drug-likeness (QED) is 0.279. The van der Waals surface area contributed by atoms with Gasteiger partial charge in [-0.05, 0) is 56.5 Å². The molecule has 3 aromatic rings. The number of guanidine groups is 1. The molecule has 1 saturated heterocycles. The molecule has 7 heteroatoms. The molecule has 0 saturated carbocycles. The van der Waals surface area contributed by atoms with E-state index in [-0.39, 0.29) is 30.0 Å². The predicted molar refractivity (Wildman–Crippen MR) is 141 cm³/mol. The van der Waals surface area contributed by atoms with E-state index < -0.39 is 0 Å². The van der Waals surface area contributed by atoms with Crippen LogP contribution in [-0.4, -0.2) is 42.2 Å². The van der Waals surface area contributed by atoms with Gasteiger partial charge in [0.05, 0.1) is 17.1 Å². The zero-order valence-corrected chi connectivity index (χ0v) is 21.0. The molecule has 0 aliphatic carbocycles. The minimum atomic E-state index is 0. The highest BCUT2D eigenvalue weighted by Crippen LogP contribution is 2.24. The summed E-state index contributed by atoms with van der Waals surface area (Å²) in [6.45, 7) is 8.19. The Bertz CT molecular complexity index is 1020. The smallest absolute Gasteiger partial charge is 0.191 e. The van der Waals surface area contributed by atoms with Crippen LogP contribution in [0.15, 0.2) is 53.5 Å². The molecule has 1 unspecified atom stereocenters. The summed E-state index contributed by atoms with van der Waals surface area (Å²) in [6, 6.07) is 17.3. The number of nitrogens with one attached hydrogen (secondary N) is 2. The van der Waals surface area contributed by atoms with Gasteiger partial charge < -0.3 is 20.1 Å². The predicted octanol–water partition coefficient (Wildman–Crippen LogP) is 4.49. The van der Waals surface area contributed by atoms with Gasteiger partial charge in [0.25, 0.3) is 0 Å². The SMILES string of the molecule is CN=C(NCCn1c(C)nc2ccccc21)NC(C)c1cccc(N2CCCC2)c1.I. The minimum Gasteiger partial charge on any atom is -0.372 e. The van der Waals surface area contributed by atoms with Crippen LogP contribution >= 0.6 is 24.0 Å². The molecule has 2 heterocycles. The molecule has 0 radical (unpaired) electrons. The molecule has 1 aliphatic heterocycles. The highest BCUT2D eigenvalue weighted by molar-refractivity contribution is 14.0. The lowest BCUT2D eigenvalue weighted by Gasteiger charge is -2.22. The van der Waals surface area contributed by atoms with Gasteiger partial charge in [0, 0.05) is 38.9 Å². The summed E-state index contributed by atoms with van der Waals surface area (Å²) in [4.78, 5) is 11.5. The van der Waals surface area contributed by atoms with Crippen molar-refractivity contribution in [3.8, 4) is 0 Å². The van der Waals surface area contributed by atoms with Gasteiger partial charge in [-0.25, -0.2) is 4.98 Å². The van der Waals surface area contributed by atoms with E-state index in [4.69, 9.17) is 0 Å². The summed E-state index contributed by atoms with van der Waals surface area (Å²) in [7, 11) is 1.82. The number of benzene rings is 2. The Morgan fingerprint density at radius 1 is 1.13 bits per heavy atom. The van der Waals surface area contributed by atoms with Crippen LogP contribution in [-0.2, 0) is 6.54 Å². The first-order valence-electron chi connectivity index (χ1n) is 10.9. The molecule has 0 amide bonds. The largest absolute Gasteiger partial charge is 0.372 e. The number of anilines is 1. The lowest BCUT2D eigenvalue weighted by Crippen LogP contribution is -2.40. The number of hydrogen-bond donors (Lipinski definition) is 2. The van der Waals surface area contributed by atoms with E-state index in [1.54, 1.807) is 0 Å². The molecular formula is C24H33IN6. The second kappa shape index (κ2) is 10.8. The summed E-state index contributed by atoms with van der Waals surface area (Å²) in [5.74, 6) is 1.85. The van der Waals surface area contributed by atoms with Crippen LogP contribution < -0.4 is 15.5 Å². The Morgan fingerprint density at radius 2 is 1.90 bits per heavy atom. The van der Waals surface area contributed by atoms with Crippen molar-refractivity contribution in [3.63, 3.8) is 0 Å². The normalized spacial score (nSPS) is 15.1. The maximum absolute atomic E-state index is 4.65. The zero-order chi connectivity index (χ0) is 20.9. The average molecular weight is 532 g/mol. The molecule has 4 rings (SSSR count). The molecule has 1 aromatic heterocycles. The van der Waals surface area contributed by atoms with Crippen molar-refractivity contribution in [1.29, 1.82) is 0 Å². The van der Waals surface area contributed by atoms with Gasteiger partial charge in [-0.15, -0.1) is 24.0 Å². The third-order valence-corrected chi connectivity index (χ3v) is 5.89. The molecule has 1 atom stereocenters. The summed E-state index contributed by atoms with van der Waals surface area (Å²) >= 11 is 0. The van der Waals surface area contributed by atoms with E-state index in [9.17, 15) is 0 Å². The molecule has 2 aromatic carbocycles. The van der Waals surface area contributed by atoms with E-state index in [1.807, 2.05) is 13.1 Å². The van der Waals surface area contributed by atoms with Gasteiger partial charge in [-0.1, -0.05) is 24.3 Å². The van der Waals surface area contributed by atoms with Crippen molar-refractivity contribution in [1.82, 2.24) is 20.2 Å². The number of aliphatic imine (C=N–C) groups is 1. The van der Waals surface area contributed by atoms with Crippen molar-refractivity contribution in [2.75, 3.05) is 31.6 Å². The maximum Gasteiger partial charge on any atom is 0.191 e. The number of aromatic nitrogens is 2. The Balaban J connectivity index is 0.00000272. The Hall–Kier alpha value is -2.29. The second-order valence-electron chi connectivity index (χ2n) is 7.95. The average Bonchev–Trinajstić information content (AvgIpc) is 3.41. The number of para-hydroxylation sites is 2. The van der Waals surface area contributed by atoms with Crippen molar-refractivity contribution in [2.45, 2.75) is 39.3 Å². The van der Waals surface area contributed by atoms with E-state index in [0.717, 1.165) is 43.5 Å². The Labute approximate surface area is 202 Å². The van der Waals surface area contributed by atoms with Crippen LogP contribution in [0.2, 0.25) is 0 Å². The van der Waals surface area contributed by atoms with E-state index in [0.29, 0.717) is 0 Å². The van der Waals surface area contributed by atoms with Crippen molar-refractivity contribution in [2.24, 2.45) is 4.99 Å². The van der Waals surface area contributed by atoms with Crippen LogP contribution in [0.1, 0.15) is 37.2 Å². The number of hydrogen-bond acceptors (Lipinski definition) is 3. The van der Waals surface area contributed by atoms with Gasteiger partial charge in [-0.2, -0.15) is 0 Å². The van der Waals surface area contributed by atoms with E-state index >= 15 is 0 Å². The maximum atomic E-state index is 4.65. The first-order valence-corrected chi connectivity index (χ1v) is 10.9. The van der Waals surface area contributed by atoms with Crippen molar-refractivity contribution in [3.05, 3.63) is 59.9 Å². The van der Waals surface area contributed by atoms with Gasteiger partial charge in [-0.3, -0.25) is 4.99 Å². The Morgan fingerprint density at radius 3 is 2.68 bits per heavy atom. The Kier molecular flexibility index (Phi) is 8.17. The molecule has 0 spiro atoms. The molecule has 166 valence electrons. The number of rotatable bonds is 6. The fourth-order valence-electron chi connectivity index (χ4n) is 4.21. The van der Waals surface area contributed by atoms with Crippen LogP contribution in [0.5, 0.6) is 0 Å². The van der Waals surface area contributed by atoms with Gasteiger partial charge >= 0.3 is 0 Å². The molecule has 1 fully saturated rings. The molecule has 31 heavy (non-hydrogen) atoms. The number of nitrogens with zero attached hydrogens (tertiary/aromatic N) is 4. The van der Waals surface area contributed by atoms with Gasteiger partial charge in [0.2, 0.25) is 0 Å². The minimum absolute atomic E-state index is 0. The number of aryl methyl sites for hydroxylation is 1. The highest BCUT2D eigenvalue weighted by atomic mass is 127. The van der Waals surface area contributed by atoms with E-state index in [2.05, 4.69) is 86.4 Å². The van der Waals surface area contributed by atoms with Crippen LogP contribution in [0.3, 0.4) is 0 Å². The third kappa shape index (κ3) is 5.50. The van der Waals surface area contributed by atoms with Crippen LogP contribution in [0.25, 0.3) is 11.0 Å². The molecule has 2 N–H and O–H groups in total. The molecular weight excluding hydrogens is 499 g/mol. The summed E-state index contributed by atoms with van der Waals surface area (Å²) in [6.07, 6.45) is 2.58. The molecule has 1 aliphatic rings. The standard InChI is InChI=1S/C24H32N6.HI/c1-18(20-9-8-10-21(17-20)29-14-6-7-15-29)27-24(25-3)26-13-16-30-19(2)28-22-11-4-5-12-23(22)30;/h4-5,8-12,17-18H,6-7,13-16H2,1-3H3,(H2,25,26,27);1H. The van der Waals surface area contributed by atoms with Gasteiger partial charge in [0.1, 0.15) is 5.82 Å². The first kappa shape index (κ1) is 23.4. The number of imidazole rings is 1. The monoisotopic (exact) mass is 532 g/mol. The van der Waals surface area contributed by atoms with Crippen molar-refractivity contribution >= 4 is 46.7 Å².